The summed E-state index contributed by atoms with van der Waals surface area (Å²) >= 11 is 1.22. The fourth-order valence-corrected chi connectivity index (χ4v) is 2.14. The Bertz CT molecular complexity index is 674. The average molecular weight is 308 g/mol. The van der Waals surface area contributed by atoms with Crippen molar-refractivity contribution in [1.82, 2.24) is 15.5 Å². The summed E-state index contributed by atoms with van der Waals surface area (Å²) < 4.78 is 13.5. The molecule has 0 spiro atoms. The molecule has 110 valence electrons. The second-order valence-electron chi connectivity index (χ2n) is 4.29. The van der Waals surface area contributed by atoms with Crippen LogP contribution in [0.5, 0.6) is 0 Å². The maximum absolute atomic E-state index is 13.5. The number of carbonyl (C=O) groups excluding carboxylic acids is 2. The minimum Gasteiger partial charge on any atom is -0.340 e. The Hall–Kier alpha value is -2.35. The van der Waals surface area contributed by atoms with Gasteiger partial charge >= 0.3 is 0 Å². The van der Waals surface area contributed by atoms with Gasteiger partial charge in [-0.2, -0.15) is 0 Å². The number of amides is 2. The lowest BCUT2D eigenvalue weighted by atomic mass is 10.2. The summed E-state index contributed by atoms with van der Waals surface area (Å²) in [7, 11) is 0. The van der Waals surface area contributed by atoms with Gasteiger partial charge < -0.3 is 5.32 Å². The predicted molar refractivity (Wildman–Crippen MR) is 76.6 cm³/mol. The molecule has 1 unspecified atom stereocenters. The van der Waals surface area contributed by atoms with E-state index < -0.39 is 23.7 Å². The highest BCUT2D eigenvalue weighted by Crippen LogP contribution is 2.13. The number of halogens is 1. The number of hydrogen-bond donors (Lipinski definition) is 2. The van der Waals surface area contributed by atoms with E-state index in [-0.39, 0.29) is 5.56 Å². The van der Waals surface area contributed by atoms with Gasteiger partial charge in [-0.3, -0.25) is 14.9 Å². The summed E-state index contributed by atoms with van der Waals surface area (Å²) in [4.78, 5) is 23.8. The van der Waals surface area contributed by atoms with Gasteiger partial charge in [0.15, 0.2) is 0 Å². The van der Waals surface area contributed by atoms with Crippen molar-refractivity contribution in [2.24, 2.45) is 0 Å². The van der Waals surface area contributed by atoms with E-state index in [0.717, 1.165) is 0 Å². The molecule has 0 aliphatic heterocycles. The Labute approximate surface area is 124 Å². The highest BCUT2D eigenvalue weighted by atomic mass is 32.1. The molecule has 0 aliphatic rings. The van der Waals surface area contributed by atoms with Crippen LogP contribution in [-0.4, -0.2) is 28.1 Å². The fourth-order valence-electron chi connectivity index (χ4n) is 1.55. The molecule has 0 bridgehead atoms. The van der Waals surface area contributed by atoms with Crippen molar-refractivity contribution in [1.29, 1.82) is 0 Å². The lowest BCUT2D eigenvalue weighted by molar-refractivity contribution is -0.117. The molecule has 2 N–H and O–H groups in total. The first-order chi connectivity index (χ1) is 9.97. The molecule has 0 radical (unpaired) electrons. The van der Waals surface area contributed by atoms with Crippen molar-refractivity contribution < 1.29 is 14.0 Å². The molecule has 2 rings (SSSR count). The molecule has 1 heterocycles. The lowest BCUT2D eigenvalue weighted by Gasteiger charge is -2.13. The number of aromatic nitrogens is 2. The minimum atomic E-state index is -0.832. The van der Waals surface area contributed by atoms with E-state index in [0.29, 0.717) is 10.1 Å². The number of nitrogens with zero attached hydrogens (tertiary/aromatic N) is 2. The van der Waals surface area contributed by atoms with Crippen molar-refractivity contribution in [2.75, 3.05) is 5.32 Å². The van der Waals surface area contributed by atoms with E-state index in [1.807, 2.05) is 0 Å². The van der Waals surface area contributed by atoms with Gasteiger partial charge in [0.05, 0.1) is 5.56 Å². The average Bonchev–Trinajstić information content (AvgIpc) is 2.84. The van der Waals surface area contributed by atoms with E-state index >= 15 is 0 Å². The molecular formula is C13H13FN4O2S. The SMILES string of the molecule is Cc1nnc(NC(=O)C(C)NC(=O)c2ccccc2F)s1. The van der Waals surface area contributed by atoms with Crippen LogP contribution in [0.4, 0.5) is 9.52 Å². The number of aryl methyl sites for hydroxylation is 1. The lowest BCUT2D eigenvalue weighted by Crippen LogP contribution is -2.41. The molecule has 2 amide bonds. The van der Waals surface area contributed by atoms with Crippen LogP contribution in [0.3, 0.4) is 0 Å². The van der Waals surface area contributed by atoms with Gasteiger partial charge in [0.25, 0.3) is 5.91 Å². The zero-order chi connectivity index (χ0) is 15.4. The topological polar surface area (TPSA) is 84.0 Å². The van der Waals surface area contributed by atoms with Crippen molar-refractivity contribution >= 4 is 28.3 Å². The van der Waals surface area contributed by atoms with Gasteiger partial charge in [-0.05, 0) is 26.0 Å². The van der Waals surface area contributed by atoms with Crippen molar-refractivity contribution in [3.05, 3.63) is 40.7 Å². The summed E-state index contributed by atoms with van der Waals surface area (Å²) in [6.45, 7) is 3.26. The van der Waals surface area contributed by atoms with Gasteiger partial charge in [-0.25, -0.2) is 4.39 Å². The fraction of sp³-hybridized carbons (Fsp3) is 0.231. The van der Waals surface area contributed by atoms with Gasteiger partial charge in [-0.15, -0.1) is 10.2 Å². The van der Waals surface area contributed by atoms with Crippen molar-refractivity contribution in [3.63, 3.8) is 0 Å². The highest BCUT2D eigenvalue weighted by Gasteiger charge is 2.19. The quantitative estimate of drug-likeness (QED) is 0.901. The third-order valence-electron chi connectivity index (χ3n) is 2.62. The molecule has 0 saturated carbocycles. The zero-order valence-corrected chi connectivity index (χ0v) is 12.2. The van der Waals surface area contributed by atoms with Crippen LogP contribution in [0.2, 0.25) is 0 Å². The van der Waals surface area contributed by atoms with Crippen LogP contribution in [0.1, 0.15) is 22.3 Å². The third kappa shape index (κ3) is 3.82. The maximum Gasteiger partial charge on any atom is 0.254 e. The molecule has 1 atom stereocenters. The predicted octanol–water partition coefficient (Wildman–Crippen LogP) is 1.74. The van der Waals surface area contributed by atoms with Crippen LogP contribution >= 0.6 is 11.3 Å². The number of benzene rings is 1. The number of hydrogen-bond acceptors (Lipinski definition) is 5. The number of anilines is 1. The molecule has 1 aromatic carbocycles. The summed E-state index contributed by atoms with van der Waals surface area (Å²) in [6.07, 6.45) is 0. The van der Waals surface area contributed by atoms with E-state index in [1.165, 1.54) is 36.5 Å². The van der Waals surface area contributed by atoms with Crippen LogP contribution in [0.25, 0.3) is 0 Å². The van der Waals surface area contributed by atoms with Gasteiger partial charge in [-0.1, -0.05) is 23.5 Å². The minimum absolute atomic E-state index is 0.107. The molecular weight excluding hydrogens is 295 g/mol. The maximum atomic E-state index is 13.5. The second kappa shape index (κ2) is 6.40. The zero-order valence-electron chi connectivity index (χ0n) is 11.4. The monoisotopic (exact) mass is 308 g/mol. The van der Waals surface area contributed by atoms with Crippen molar-refractivity contribution in [3.8, 4) is 0 Å². The Morgan fingerprint density at radius 1 is 1.29 bits per heavy atom. The normalized spacial score (nSPS) is 11.8. The number of nitrogens with one attached hydrogen (secondary N) is 2. The Balaban J connectivity index is 1.97. The number of carbonyl (C=O) groups is 2. The van der Waals surface area contributed by atoms with Gasteiger partial charge in [0.2, 0.25) is 11.0 Å². The van der Waals surface area contributed by atoms with Crippen LogP contribution < -0.4 is 10.6 Å². The molecule has 0 fully saturated rings. The van der Waals surface area contributed by atoms with E-state index in [9.17, 15) is 14.0 Å². The smallest absolute Gasteiger partial charge is 0.254 e. The first kappa shape index (κ1) is 15.0. The molecule has 0 aliphatic carbocycles. The highest BCUT2D eigenvalue weighted by molar-refractivity contribution is 7.15. The first-order valence-electron chi connectivity index (χ1n) is 6.13. The van der Waals surface area contributed by atoms with E-state index in [4.69, 9.17) is 0 Å². The van der Waals surface area contributed by atoms with Crippen LogP contribution in [0.15, 0.2) is 24.3 Å². The summed E-state index contributed by atoms with van der Waals surface area (Å²) in [5.41, 5.74) is -0.107. The summed E-state index contributed by atoms with van der Waals surface area (Å²) in [5, 5.41) is 13.5. The van der Waals surface area contributed by atoms with Crippen LogP contribution in [-0.2, 0) is 4.79 Å². The van der Waals surface area contributed by atoms with Gasteiger partial charge in [0, 0.05) is 0 Å². The van der Waals surface area contributed by atoms with E-state index in [2.05, 4.69) is 20.8 Å². The number of rotatable bonds is 4. The summed E-state index contributed by atoms with van der Waals surface area (Å²) in [6, 6.07) is 4.74. The second-order valence-corrected chi connectivity index (χ2v) is 5.47. The first-order valence-corrected chi connectivity index (χ1v) is 6.95. The Morgan fingerprint density at radius 3 is 2.62 bits per heavy atom. The van der Waals surface area contributed by atoms with Gasteiger partial charge in [0.1, 0.15) is 16.9 Å². The molecule has 8 heteroatoms. The largest absolute Gasteiger partial charge is 0.340 e. The van der Waals surface area contributed by atoms with Crippen molar-refractivity contribution in [2.45, 2.75) is 19.9 Å². The van der Waals surface area contributed by atoms with E-state index in [1.54, 1.807) is 13.0 Å². The Kier molecular flexibility index (Phi) is 4.59. The molecule has 0 saturated heterocycles. The third-order valence-corrected chi connectivity index (χ3v) is 3.37. The molecule has 21 heavy (non-hydrogen) atoms. The summed E-state index contributed by atoms with van der Waals surface area (Å²) in [5.74, 6) is -1.73. The van der Waals surface area contributed by atoms with Crippen LogP contribution in [0, 0.1) is 12.7 Å². The molecule has 1 aromatic heterocycles. The standard InChI is InChI=1S/C13H13FN4O2S/c1-7(11(19)16-13-18-17-8(2)21-13)15-12(20)9-5-3-4-6-10(9)14/h3-7H,1-2H3,(H,15,20)(H,16,18,19). The Morgan fingerprint density at radius 2 is 2.00 bits per heavy atom. The molecule has 2 aromatic rings. The molecule has 6 nitrogen and oxygen atoms in total.